The van der Waals surface area contributed by atoms with E-state index in [1.807, 2.05) is 0 Å². The number of amides is 2. The van der Waals surface area contributed by atoms with E-state index in [-0.39, 0.29) is 36.4 Å². The van der Waals surface area contributed by atoms with Gasteiger partial charge in [-0.25, -0.2) is 9.37 Å². The third kappa shape index (κ3) is 3.84. The molecule has 9 heteroatoms. The first kappa shape index (κ1) is 18.7. The summed E-state index contributed by atoms with van der Waals surface area (Å²) in [5.74, 6) is -1.66. The van der Waals surface area contributed by atoms with Crippen LogP contribution in [0.2, 0.25) is 0 Å². The number of aryl methyl sites for hydroxylation is 1. The smallest absolute Gasteiger partial charge is 0.274 e. The molecule has 0 unspecified atom stereocenters. The molecule has 3 aromatic rings. The van der Waals surface area contributed by atoms with Crippen molar-refractivity contribution in [3.05, 3.63) is 77.4 Å². The lowest BCUT2D eigenvalue weighted by atomic mass is 9.95. The Kier molecular flexibility index (Phi) is 5.03. The Labute approximate surface area is 166 Å². The first-order valence-corrected chi connectivity index (χ1v) is 9.11. The molecule has 0 bridgehead atoms. The second kappa shape index (κ2) is 7.78. The fourth-order valence-electron chi connectivity index (χ4n) is 3.43. The van der Waals surface area contributed by atoms with E-state index < -0.39 is 5.92 Å². The minimum atomic E-state index is -0.660. The Bertz CT molecular complexity index is 1050. The number of nitrogens with one attached hydrogen (secondary N) is 1. The van der Waals surface area contributed by atoms with E-state index in [1.54, 1.807) is 41.0 Å². The molecule has 2 aromatic heterocycles. The highest BCUT2D eigenvalue weighted by atomic mass is 19.1. The van der Waals surface area contributed by atoms with Gasteiger partial charge in [-0.1, -0.05) is 18.2 Å². The highest BCUT2D eigenvalue weighted by molar-refractivity contribution is 5.93. The van der Waals surface area contributed by atoms with Gasteiger partial charge in [-0.2, -0.15) is 5.10 Å². The number of hydrogen-bond acceptors (Lipinski definition) is 5. The van der Waals surface area contributed by atoms with Gasteiger partial charge < -0.3 is 10.2 Å². The molecule has 0 aliphatic carbocycles. The van der Waals surface area contributed by atoms with Crippen LogP contribution in [0, 0.1) is 5.82 Å². The number of fused-ring (bicyclic) bond motifs is 1. The second-order valence-corrected chi connectivity index (χ2v) is 6.85. The molecule has 0 fully saturated rings. The molecule has 148 valence electrons. The number of carbonyl (C=O) groups is 2. The fourth-order valence-corrected chi connectivity index (χ4v) is 3.43. The van der Waals surface area contributed by atoms with Crippen LogP contribution in [-0.4, -0.2) is 43.0 Å². The lowest BCUT2D eigenvalue weighted by molar-refractivity contribution is -0.123. The number of rotatable bonds is 4. The number of benzene rings is 1. The molecule has 1 atom stereocenters. The molecule has 1 aliphatic rings. The van der Waals surface area contributed by atoms with Crippen molar-refractivity contribution in [3.63, 3.8) is 0 Å². The SMILES string of the molecule is Cn1cc2c(n1)[C@H](C(=O)NCc1ccccc1F)CN(C(=O)c1cnccn1)C2. The summed E-state index contributed by atoms with van der Waals surface area (Å²) in [6.45, 7) is 0.542. The molecule has 8 nitrogen and oxygen atoms in total. The fraction of sp³-hybridized carbons (Fsp3) is 0.250. The van der Waals surface area contributed by atoms with Gasteiger partial charge >= 0.3 is 0 Å². The second-order valence-electron chi connectivity index (χ2n) is 6.85. The third-order valence-corrected chi connectivity index (χ3v) is 4.83. The van der Waals surface area contributed by atoms with Crippen LogP contribution < -0.4 is 5.32 Å². The van der Waals surface area contributed by atoms with E-state index in [1.165, 1.54) is 24.7 Å². The van der Waals surface area contributed by atoms with Crippen LogP contribution in [0.5, 0.6) is 0 Å². The molecule has 0 spiro atoms. The lowest BCUT2D eigenvalue weighted by Crippen LogP contribution is -2.43. The largest absolute Gasteiger partial charge is 0.351 e. The topological polar surface area (TPSA) is 93.0 Å². The van der Waals surface area contributed by atoms with E-state index in [9.17, 15) is 14.0 Å². The van der Waals surface area contributed by atoms with Crippen LogP contribution in [0.15, 0.2) is 49.1 Å². The average Bonchev–Trinajstić information content (AvgIpc) is 3.12. The minimum absolute atomic E-state index is 0.0578. The summed E-state index contributed by atoms with van der Waals surface area (Å²) in [6.07, 6.45) is 6.13. The van der Waals surface area contributed by atoms with E-state index in [0.29, 0.717) is 17.8 Å². The van der Waals surface area contributed by atoms with E-state index in [0.717, 1.165) is 5.56 Å². The summed E-state index contributed by atoms with van der Waals surface area (Å²) in [6, 6.07) is 6.27. The predicted octanol–water partition coefficient (Wildman–Crippen LogP) is 1.41. The molecule has 0 saturated carbocycles. The Morgan fingerprint density at radius 1 is 1.28 bits per heavy atom. The van der Waals surface area contributed by atoms with Crippen molar-refractivity contribution in [2.45, 2.75) is 19.0 Å². The van der Waals surface area contributed by atoms with Gasteiger partial charge in [0, 0.05) is 56.4 Å². The van der Waals surface area contributed by atoms with Gasteiger partial charge in [0.05, 0.1) is 17.8 Å². The normalized spacial score (nSPS) is 15.7. The van der Waals surface area contributed by atoms with Crippen LogP contribution in [0.3, 0.4) is 0 Å². The molecule has 29 heavy (non-hydrogen) atoms. The Balaban J connectivity index is 1.55. The summed E-state index contributed by atoms with van der Waals surface area (Å²) < 4.78 is 15.5. The van der Waals surface area contributed by atoms with Gasteiger partial charge in [-0.3, -0.25) is 19.3 Å². The highest BCUT2D eigenvalue weighted by Gasteiger charge is 2.35. The van der Waals surface area contributed by atoms with Crippen molar-refractivity contribution in [3.8, 4) is 0 Å². The number of hydrogen-bond donors (Lipinski definition) is 1. The molecule has 1 aliphatic heterocycles. The van der Waals surface area contributed by atoms with Crippen LogP contribution >= 0.6 is 0 Å². The summed E-state index contributed by atoms with van der Waals surface area (Å²) in [5, 5.41) is 7.17. The van der Waals surface area contributed by atoms with Crippen molar-refractivity contribution >= 4 is 11.8 Å². The molecule has 1 aromatic carbocycles. The Morgan fingerprint density at radius 2 is 2.10 bits per heavy atom. The van der Waals surface area contributed by atoms with E-state index in [2.05, 4.69) is 20.4 Å². The van der Waals surface area contributed by atoms with Crippen molar-refractivity contribution in [2.24, 2.45) is 7.05 Å². The molecular formula is C20H19FN6O2. The van der Waals surface area contributed by atoms with Gasteiger partial charge in [0.1, 0.15) is 11.5 Å². The van der Waals surface area contributed by atoms with Crippen molar-refractivity contribution < 1.29 is 14.0 Å². The van der Waals surface area contributed by atoms with Crippen molar-refractivity contribution in [1.82, 2.24) is 30.0 Å². The number of carbonyl (C=O) groups excluding carboxylic acids is 2. The lowest BCUT2D eigenvalue weighted by Gasteiger charge is -2.31. The summed E-state index contributed by atoms with van der Waals surface area (Å²) in [5.41, 5.74) is 2.03. The summed E-state index contributed by atoms with van der Waals surface area (Å²) in [7, 11) is 1.77. The van der Waals surface area contributed by atoms with Crippen LogP contribution in [0.1, 0.15) is 33.2 Å². The van der Waals surface area contributed by atoms with Gasteiger partial charge in [0.25, 0.3) is 5.91 Å². The molecular weight excluding hydrogens is 375 g/mol. The molecule has 0 radical (unpaired) electrons. The molecule has 1 N–H and O–H groups in total. The quantitative estimate of drug-likeness (QED) is 0.722. The maximum atomic E-state index is 13.8. The van der Waals surface area contributed by atoms with Gasteiger partial charge in [0.15, 0.2) is 0 Å². The van der Waals surface area contributed by atoms with Crippen LogP contribution in [0.4, 0.5) is 4.39 Å². The summed E-state index contributed by atoms with van der Waals surface area (Å²) in [4.78, 5) is 35.3. The van der Waals surface area contributed by atoms with E-state index in [4.69, 9.17) is 0 Å². The Hall–Kier alpha value is -3.62. The first-order chi connectivity index (χ1) is 14.0. The number of aromatic nitrogens is 4. The standard InChI is InChI=1S/C20H19FN6O2/c1-26-10-14-11-27(20(29)17-9-22-6-7-23-17)12-15(18(14)25-26)19(28)24-8-13-4-2-3-5-16(13)21/h2-7,9-10,15H,8,11-12H2,1H3,(H,24,28)/t15-/m1/s1. The number of halogens is 1. The maximum Gasteiger partial charge on any atom is 0.274 e. The van der Waals surface area contributed by atoms with E-state index >= 15 is 0 Å². The highest BCUT2D eigenvalue weighted by Crippen LogP contribution is 2.28. The Morgan fingerprint density at radius 3 is 2.86 bits per heavy atom. The monoisotopic (exact) mass is 394 g/mol. The zero-order valence-corrected chi connectivity index (χ0v) is 15.7. The van der Waals surface area contributed by atoms with Gasteiger partial charge in [0.2, 0.25) is 5.91 Å². The van der Waals surface area contributed by atoms with Crippen molar-refractivity contribution in [1.29, 1.82) is 0 Å². The first-order valence-electron chi connectivity index (χ1n) is 9.11. The molecule has 3 heterocycles. The maximum absolute atomic E-state index is 13.8. The average molecular weight is 394 g/mol. The third-order valence-electron chi connectivity index (χ3n) is 4.83. The van der Waals surface area contributed by atoms with Crippen LogP contribution in [0.25, 0.3) is 0 Å². The van der Waals surface area contributed by atoms with Gasteiger partial charge in [-0.15, -0.1) is 0 Å². The molecule has 4 rings (SSSR count). The molecule has 0 saturated heterocycles. The van der Waals surface area contributed by atoms with Crippen molar-refractivity contribution in [2.75, 3.05) is 6.54 Å². The van der Waals surface area contributed by atoms with Crippen LogP contribution in [-0.2, 0) is 24.9 Å². The zero-order valence-electron chi connectivity index (χ0n) is 15.7. The molecule has 2 amide bonds. The predicted molar refractivity (Wildman–Crippen MR) is 101 cm³/mol. The number of nitrogens with zero attached hydrogens (tertiary/aromatic N) is 5. The zero-order chi connectivity index (χ0) is 20.4. The summed E-state index contributed by atoms with van der Waals surface area (Å²) >= 11 is 0. The minimum Gasteiger partial charge on any atom is -0.351 e. The van der Waals surface area contributed by atoms with Gasteiger partial charge in [-0.05, 0) is 6.07 Å².